The lowest BCUT2D eigenvalue weighted by molar-refractivity contribution is -0.136. The van der Waals surface area contributed by atoms with E-state index in [1.807, 2.05) is 23.6 Å². The molecule has 0 aromatic carbocycles. The average molecular weight is 222 g/mol. The Kier molecular flexibility index (Phi) is 2.55. The van der Waals surface area contributed by atoms with Gasteiger partial charge in [-0.3, -0.25) is 9.48 Å². The van der Waals surface area contributed by atoms with E-state index in [1.165, 1.54) is 0 Å². The van der Waals surface area contributed by atoms with E-state index >= 15 is 0 Å². The van der Waals surface area contributed by atoms with Crippen molar-refractivity contribution >= 4 is 17.3 Å². The summed E-state index contributed by atoms with van der Waals surface area (Å²) in [5.41, 5.74) is 1.55. The summed E-state index contributed by atoms with van der Waals surface area (Å²) in [7, 11) is 1.76. The first-order valence-corrected chi connectivity index (χ1v) is 5.33. The maximum Gasteiger partial charge on any atom is 0.309 e. The minimum absolute atomic E-state index is 0.00880. The highest BCUT2D eigenvalue weighted by Crippen LogP contribution is 2.23. The molecule has 0 atom stereocenters. The van der Waals surface area contributed by atoms with Crippen molar-refractivity contribution in [1.29, 1.82) is 0 Å². The zero-order valence-corrected chi connectivity index (χ0v) is 8.99. The monoisotopic (exact) mass is 222 g/mol. The van der Waals surface area contributed by atoms with Crippen LogP contribution in [-0.4, -0.2) is 20.9 Å². The lowest BCUT2D eigenvalue weighted by atomic mass is 10.2. The summed E-state index contributed by atoms with van der Waals surface area (Å²) in [6.07, 6.45) is 0.00880. The second-order valence-electron chi connectivity index (χ2n) is 3.19. The van der Waals surface area contributed by atoms with Gasteiger partial charge in [0.05, 0.1) is 11.3 Å². The first-order chi connectivity index (χ1) is 7.16. The predicted octanol–water partition coefficient (Wildman–Crippen LogP) is 1.78. The Balaban J connectivity index is 2.33. The van der Waals surface area contributed by atoms with Crippen LogP contribution in [0.2, 0.25) is 0 Å². The van der Waals surface area contributed by atoms with Crippen LogP contribution in [-0.2, 0) is 18.3 Å². The topological polar surface area (TPSA) is 55.1 Å². The summed E-state index contributed by atoms with van der Waals surface area (Å²) in [6, 6.07) is 5.74. The highest BCUT2D eigenvalue weighted by Gasteiger charge is 2.10. The number of hydrogen-bond acceptors (Lipinski definition) is 3. The van der Waals surface area contributed by atoms with Gasteiger partial charge in [0.2, 0.25) is 0 Å². The first-order valence-electron chi connectivity index (χ1n) is 4.45. The van der Waals surface area contributed by atoms with Gasteiger partial charge in [-0.1, -0.05) is 6.07 Å². The van der Waals surface area contributed by atoms with Crippen LogP contribution in [0.15, 0.2) is 23.6 Å². The summed E-state index contributed by atoms with van der Waals surface area (Å²) < 4.78 is 1.61. The van der Waals surface area contributed by atoms with E-state index in [9.17, 15) is 4.79 Å². The zero-order valence-electron chi connectivity index (χ0n) is 8.17. The Bertz CT molecular complexity index is 474. The highest BCUT2D eigenvalue weighted by atomic mass is 32.1. The molecule has 0 aliphatic rings. The number of rotatable bonds is 3. The van der Waals surface area contributed by atoms with E-state index in [0.717, 1.165) is 10.6 Å². The number of aryl methyl sites for hydroxylation is 1. The molecule has 1 N–H and O–H groups in total. The van der Waals surface area contributed by atoms with Gasteiger partial charge in [-0.2, -0.15) is 5.10 Å². The van der Waals surface area contributed by atoms with Crippen LogP contribution < -0.4 is 0 Å². The average Bonchev–Trinajstić information content (AvgIpc) is 2.75. The Morgan fingerprint density at radius 2 is 2.47 bits per heavy atom. The summed E-state index contributed by atoms with van der Waals surface area (Å²) in [5.74, 6) is -0.837. The molecule has 0 amide bonds. The minimum atomic E-state index is -0.837. The molecule has 0 aliphatic heterocycles. The Labute approximate surface area is 90.8 Å². The lowest BCUT2D eigenvalue weighted by Gasteiger charge is -1.94. The number of aromatic nitrogens is 2. The molecular weight excluding hydrogens is 212 g/mol. The van der Waals surface area contributed by atoms with Gasteiger partial charge < -0.3 is 5.11 Å². The molecule has 4 nitrogen and oxygen atoms in total. The molecule has 2 aromatic rings. The first kappa shape index (κ1) is 9.92. The van der Waals surface area contributed by atoms with Crippen molar-refractivity contribution in [1.82, 2.24) is 9.78 Å². The smallest absolute Gasteiger partial charge is 0.309 e. The molecule has 0 saturated heterocycles. The van der Waals surface area contributed by atoms with Gasteiger partial charge in [-0.15, -0.1) is 11.3 Å². The van der Waals surface area contributed by atoms with Crippen molar-refractivity contribution in [2.24, 2.45) is 7.05 Å². The van der Waals surface area contributed by atoms with Crippen LogP contribution in [0.25, 0.3) is 10.6 Å². The van der Waals surface area contributed by atoms with E-state index in [4.69, 9.17) is 5.11 Å². The molecule has 0 bridgehead atoms. The largest absolute Gasteiger partial charge is 0.481 e. The molecular formula is C10H10N2O2S. The van der Waals surface area contributed by atoms with Gasteiger partial charge in [-0.05, 0) is 17.5 Å². The van der Waals surface area contributed by atoms with Crippen molar-refractivity contribution in [3.05, 3.63) is 29.3 Å². The van der Waals surface area contributed by atoms with E-state index in [-0.39, 0.29) is 6.42 Å². The van der Waals surface area contributed by atoms with Gasteiger partial charge in [0, 0.05) is 12.7 Å². The second-order valence-corrected chi connectivity index (χ2v) is 4.14. The number of hydrogen-bond donors (Lipinski definition) is 1. The molecule has 0 radical (unpaired) electrons. The van der Waals surface area contributed by atoms with Crippen LogP contribution in [0.1, 0.15) is 5.69 Å². The fraction of sp³-hybridized carbons (Fsp3) is 0.200. The Hall–Kier alpha value is -1.62. The molecule has 15 heavy (non-hydrogen) atoms. The molecule has 2 heterocycles. The Morgan fingerprint density at radius 3 is 3.07 bits per heavy atom. The van der Waals surface area contributed by atoms with Crippen molar-refractivity contribution in [2.45, 2.75) is 6.42 Å². The normalized spacial score (nSPS) is 10.5. The van der Waals surface area contributed by atoms with Crippen molar-refractivity contribution in [3.63, 3.8) is 0 Å². The number of carboxylic acids is 1. The molecule has 0 saturated carbocycles. The van der Waals surface area contributed by atoms with Crippen molar-refractivity contribution in [2.75, 3.05) is 0 Å². The fourth-order valence-electron chi connectivity index (χ4n) is 1.37. The molecule has 0 aliphatic carbocycles. The third-order valence-corrected chi connectivity index (χ3v) is 2.98. The van der Waals surface area contributed by atoms with Gasteiger partial charge in [-0.25, -0.2) is 0 Å². The summed E-state index contributed by atoms with van der Waals surface area (Å²) in [6.45, 7) is 0. The molecule has 0 spiro atoms. The summed E-state index contributed by atoms with van der Waals surface area (Å²) >= 11 is 1.59. The number of carboxylic acid groups (broad SMARTS) is 1. The second kappa shape index (κ2) is 3.86. The standard InChI is InChI=1S/C10H10N2O2S/c1-12-7(6-10(13)14)5-8(11-12)9-3-2-4-15-9/h2-5H,6H2,1H3,(H,13,14). The molecule has 2 aromatic heterocycles. The van der Waals surface area contributed by atoms with E-state index in [1.54, 1.807) is 23.1 Å². The number of nitrogens with zero attached hydrogens (tertiary/aromatic N) is 2. The van der Waals surface area contributed by atoms with Crippen LogP contribution >= 0.6 is 11.3 Å². The third-order valence-electron chi connectivity index (χ3n) is 2.08. The minimum Gasteiger partial charge on any atom is -0.481 e. The van der Waals surface area contributed by atoms with Crippen LogP contribution in [0.4, 0.5) is 0 Å². The maximum atomic E-state index is 10.6. The summed E-state index contributed by atoms with van der Waals surface area (Å²) in [4.78, 5) is 11.6. The van der Waals surface area contributed by atoms with Crippen LogP contribution in [0.3, 0.4) is 0 Å². The van der Waals surface area contributed by atoms with Crippen molar-refractivity contribution in [3.8, 4) is 10.6 Å². The van der Waals surface area contributed by atoms with E-state index < -0.39 is 5.97 Å². The van der Waals surface area contributed by atoms with Crippen LogP contribution in [0, 0.1) is 0 Å². The quantitative estimate of drug-likeness (QED) is 0.861. The van der Waals surface area contributed by atoms with Gasteiger partial charge in [0.1, 0.15) is 5.69 Å². The summed E-state index contributed by atoms with van der Waals surface area (Å²) in [5, 5.41) is 14.9. The molecule has 0 fully saturated rings. The van der Waals surface area contributed by atoms with Gasteiger partial charge >= 0.3 is 5.97 Å². The predicted molar refractivity (Wildman–Crippen MR) is 57.9 cm³/mol. The van der Waals surface area contributed by atoms with E-state index in [2.05, 4.69) is 5.10 Å². The maximum absolute atomic E-state index is 10.6. The lowest BCUT2D eigenvalue weighted by Crippen LogP contribution is -2.05. The molecule has 5 heteroatoms. The van der Waals surface area contributed by atoms with E-state index in [0.29, 0.717) is 5.69 Å². The third kappa shape index (κ3) is 2.07. The number of carbonyl (C=O) groups is 1. The van der Waals surface area contributed by atoms with Gasteiger partial charge in [0.15, 0.2) is 0 Å². The highest BCUT2D eigenvalue weighted by molar-refractivity contribution is 7.13. The molecule has 2 rings (SSSR count). The van der Waals surface area contributed by atoms with Crippen LogP contribution in [0.5, 0.6) is 0 Å². The fourth-order valence-corrected chi connectivity index (χ4v) is 2.05. The van der Waals surface area contributed by atoms with Crippen molar-refractivity contribution < 1.29 is 9.90 Å². The van der Waals surface area contributed by atoms with Gasteiger partial charge in [0.25, 0.3) is 0 Å². The molecule has 78 valence electrons. The SMILES string of the molecule is Cn1nc(-c2cccs2)cc1CC(=O)O. The zero-order chi connectivity index (χ0) is 10.8. The molecule has 0 unspecified atom stereocenters. The number of thiophene rings is 1. The Morgan fingerprint density at radius 1 is 1.67 bits per heavy atom. The number of aliphatic carboxylic acids is 1.